The van der Waals surface area contributed by atoms with E-state index < -0.39 is 0 Å². The van der Waals surface area contributed by atoms with Crippen LogP contribution in [0.4, 0.5) is 5.69 Å². The minimum atomic E-state index is 0.677. The van der Waals surface area contributed by atoms with Crippen molar-refractivity contribution in [1.29, 1.82) is 0 Å². The van der Waals surface area contributed by atoms with Crippen LogP contribution in [-0.2, 0) is 0 Å². The van der Waals surface area contributed by atoms with E-state index in [2.05, 4.69) is 28.4 Å². The fourth-order valence-corrected chi connectivity index (χ4v) is 3.18. The molecule has 3 heteroatoms. The molecule has 2 aliphatic heterocycles. The molecule has 1 aromatic rings. The van der Waals surface area contributed by atoms with Crippen molar-refractivity contribution in [3.63, 3.8) is 0 Å². The van der Waals surface area contributed by atoms with Crippen LogP contribution in [-0.4, -0.2) is 32.3 Å². The van der Waals surface area contributed by atoms with Crippen LogP contribution < -0.4 is 15.0 Å². The Morgan fingerprint density at radius 1 is 1.35 bits per heavy atom. The Kier molecular flexibility index (Phi) is 2.93. The molecular formula is C14H20N2O. The largest absolute Gasteiger partial charge is 0.497 e. The van der Waals surface area contributed by atoms with E-state index in [0.29, 0.717) is 12.1 Å². The third kappa shape index (κ3) is 2.00. The lowest BCUT2D eigenvalue weighted by Gasteiger charge is -2.39. The van der Waals surface area contributed by atoms with Gasteiger partial charge >= 0.3 is 0 Å². The molecule has 3 nitrogen and oxygen atoms in total. The van der Waals surface area contributed by atoms with Crippen LogP contribution in [0.3, 0.4) is 0 Å². The van der Waals surface area contributed by atoms with Crippen molar-refractivity contribution in [3.05, 3.63) is 24.3 Å². The van der Waals surface area contributed by atoms with Gasteiger partial charge in [0, 0.05) is 30.4 Å². The van der Waals surface area contributed by atoms with Gasteiger partial charge in [-0.25, -0.2) is 0 Å². The Labute approximate surface area is 103 Å². The van der Waals surface area contributed by atoms with Gasteiger partial charge in [-0.3, -0.25) is 0 Å². The Morgan fingerprint density at radius 2 is 2.29 bits per heavy atom. The molecule has 1 N–H and O–H groups in total. The first-order valence-corrected chi connectivity index (χ1v) is 6.52. The van der Waals surface area contributed by atoms with E-state index in [-0.39, 0.29) is 0 Å². The highest BCUT2D eigenvalue weighted by Crippen LogP contribution is 2.31. The molecule has 17 heavy (non-hydrogen) atoms. The van der Waals surface area contributed by atoms with Crippen LogP contribution in [0.2, 0.25) is 0 Å². The summed E-state index contributed by atoms with van der Waals surface area (Å²) >= 11 is 0. The van der Waals surface area contributed by atoms with Gasteiger partial charge in [0.25, 0.3) is 0 Å². The second-order valence-electron chi connectivity index (χ2n) is 4.95. The molecule has 0 amide bonds. The minimum Gasteiger partial charge on any atom is -0.497 e. The number of nitrogens with one attached hydrogen (secondary N) is 1. The second kappa shape index (κ2) is 4.57. The molecule has 2 heterocycles. The minimum absolute atomic E-state index is 0.677. The summed E-state index contributed by atoms with van der Waals surface area (Å²) in [5.74, 6) is 0.954. The van der Waals surface area contributed by atoms with Crippen molar-refractivity contribution in [2.45, 2.75) is 31.3 Å². The molecule has 0 aromatic heterocycles. The summed E-state index contributed by atoms with van der Waals surface area (Å²) in [7, 11) is 1.73. The molecule has 2 aliphatic rings. The normalized spacial score (nSPS) is 27.9. The van der Waals surface area contributed by atoms with Gasteiger partial charge in [-0.05, 0) is 37.9 Å². The molecular weight excluding hydrogens is 212 g/mol. The van der Waals surface area contributed by atoms with E-state index in [9.17, 15) is 0 Å². The van der Waals surface area contributed by atoms with Gasteiger partial charge in [0.2, 0.25) is 0 Å². The Balaban J connectivity index is 1.86. The van der Waals surface area contributed by atoms with Gasteiger partial charge in [0.1, 0.15) is 5.75 Å². The van der Waals surface area contributed by atoms with Crippen LogP contribution in [0.15, 0.2) is 24.3 Å². The SMILES string of the molecule is COc1cccc(N2CCCC3NCCC32)c1. The summed E-state index contributed by atoms with van der Waals surface area (Å²) in [4.78, 5) is 2.55. The number of nitrogens with zero attached hydrogens (tertiary/aromatic N) is 1. The maximum atomic E-state index is 5.31. The van der Waals surface area contributed by atoms with Gasteiger partial charge in [-0.15, -0.1) is 0 Å². The smallest absolute Gasteiger partial charge is 0.120 e. The molecule has 2 atom stereocenters. The molecule has 3 rings (SSSR count). The molecule has 2 saturated heterocycles. The van der Waals surface area contributed by atoms with Gasteiger partial charge in [-0.1, -0.05) is 6.07 Å². The van der Waals surface area contributed by atoms with Crippen LogP contribution in [0.5, 0.6) is 5.75 Å². The zero-order chi connectivity index (χ0) is 11.7. The van der Waals surface area contributed by atoms with Gasteiger partial charge in [0.05, 0.1) is 7.11 Å². The van der Waals surface area contributed by atoms with Crippen molar-refractivity contribution >= 4 is 5.69 Å². The van der Waals surface area contributed by atoms with Crippen LogP contribution >= 0.6 is 0 Å². The maximum absolute atomic E-state index is 5.31. The van der Waals surface area contributed by atoms with Crippen molar-refractivity contribution in [2.75, 3.05) is 25.1 Å². The van der Waals surface area contributed by atoms with E-state index in [1.165, 1.54) is 31.5 Å². The average molecular weight is 232 g/mol. The number of rotatable bonds is 2. The lowest BCUT2D eigenvalue weighted by molar-refractivity contribution is 0.405. The fraction of sp³-hybridized carbons (Fsp3) is 0.571. The predicted octanol–water partition coefficient (Wildman–Crippen LogP) is 2.03. The molecule has 0 radical (unpaired) electrons. The zero-order valence-corrected chi connectivity index (χ0v) is 10.4. The van der Waals surface area contributed by atoms with Gasteiger partial charge in [-0.2, -0.15) is 0 Å². The van der Waals surface area contributed by atoms with E-state index in [0.717, 1.165) is 12.3 Å². The number of benzene rings is 1. The maximum Gasteiger partial charge on any atom is 0.120 e. The van der Waals surface area contributed by atoms with Crippen LogP contribution in [0.25, 0.3) is 0 Å². The first-order valence-electron chi connectivity index (χ1n) is 6.52. The number of ether oxygens (including phenoxy) is 1. The molecule has 2 fully saturated rings. The number of piperidine rings is 1. The summed E-state index contributed by atoms with van der Waals surface area (Å²) < 4.78 is 5.31. The van der Waals surface area contributed by atoms with Crippen molar-refractivity contribution in [2.24, 2.45) is 0 Å². The lowest BCUT2D eigenvalue weighted by atomic mass is 9.97. The number of methoxy groups -OCH3 is 1. The Morgan fingerprint density at radius 3 is 3.18 bits per heavy atom. The molecule has 0 bridgehead atoms. The Hall–Kier alpha value is -1.22. The van der Waals surface area contributed by atoms with E-state index in [1.54, 1.807) is 7.11 Å². The average Bonchev–Trinajstić information content (AvgIpc) is 2.87. The highest BCUT2D eigenvalue weighted by atomic mass is 16.5. The second-order valence-corrected chi connectivity index (χ2v) is 4.95. The van der Waals surface area contributed by atoms with Gasteiger partial charge in [0.15, 0.2) is 0 Å². The summed E-state index contributed by atoms with van der Waals surface area (Å²) in [6.07, 6.45) is 3.87. The van der Waals surface area contributed by atoms with Crippen LogP contribution in [0, 0.1) is 0 Å². The van der Waals surface area contributed by atoms with E-state index in [4.69, 9.17) is 4.74 Å². The highest BCUT2D eigenvalue weighted by Gasteiger charge is 2.34. The van der Waals surface area contributed by atoms with Crippen molar-refractivity contribution in [3.8, 4) is 5.75 Å². The summed E-state index contributed by atoms with van der Waals surface area (Å²) in [5.41, 5.74) is 1.31. The monoisotopic (exact) mass is 232 g/mol. The summed E-state index contributed by atoms with van der Waals surface area (Å²) in [5, 5.41) is 3.61. The predicted molar refractivity (Wildman–Crippen MR) is 69.8 cm³/mol. The van der Waals surface area contributed by atoms with Crippen molar-refractivity contribution < 1.29 is 4.74 Å². The Bertz CT molecular complexity index is 394. The summed E-state index contributed by atoms with van der Waals surface area (Å²) in [6.45, 7) is 2.34. The highest BCUT2D eigenvalue weighted by molar-refractivity contribution is 5.52. The number of fused-ring (bicyclic) bond motifs is 1. The third-order valence-electron chi connectivity index (χ3n) is 4.01. The quantitative estimate of drug-likeness (QED) is 0.844. The molecule has 2 unspecified atom stereocenters. The molecule has 0 spiro atoms. The lowest BCUT2D eigenvalue weighted by Crippen LogP contribution is -2.48. The van der Waals surface area contributed by atoms with E-state index in [1.807, 2.05) is 6.07 Å². The third-order valence-corrected chi connectivity index (χ3v) is 4.01. The van der Waals surface area contributed by atoms with Crippen molar-refractivity contribution in [1.82, 2.24) is 5.32 Å². The molecule has 92 valence electrons. The van der Waals surface area contributed by atoms with Crippen LogP contribution in [0.1, 0.15) is 19.3 Å². The molecule has 1 aromatic carbocycles. The number of anilines is 1. The number of hydrogen-bond acceptors (Lipinski definition) is 3. The topological polar surface area (TPSA) is 24.5 Å². The first-order chi connectivity index (χ1) is 8.38. The fourth-order valence-electron chi connectivity index (χ4n) is 3.18. The zero-order valence-electron chi connectivity index (χ0n) is 10.4. The first kappa shape index (κ1) is 10.9. The van der Waals surface area contributed by atoms with E-state index >= 15 is 0 Å². The summed E-state index contributed by atoms with van der Waals surface area (Å²) in [6, 6.07) is 9.81. The van der Waals surface area contributed by atoms with Gasteiger partial charge < -0.3 is 15.0 Å². The molecule has 0 saturated carbocycles. The standard InChI is InChI=1S/C14H20N2O/c1-17-12-5-2-4-11(10-12)16-9-3-6-13-14(16)7-8-15-13/h2,4-5,10,13-15H,3,6-9H2,1H3. The molecule has 0 aliphatic carbocycles. The number of hydrogen-bond donors (Lipinski definition) is 1.